The minimum atomic E-state index is -4.66. The molecule has 0 aliphatic carbocycles. The van der Waals surface area contributed by atoms with Crippen molar-refractivity contribution in [2.75, 3.05) is 25.0 Å². The highest BCUT2D eigenvalue weighted by Gasteiger charge is 2.54. The van der Waals surface area contributed by atoms with Crippen molar-refractivity contribution in [3.8, 4) is 0 Å². The number of alkyl halides is 3. The van der Waals surface area contributed by atoms with Gasteiger partial charge in [0.1, 0.15) is 0 Å². The van der Waals surface area contributed by atoms with Gasteiger partial charge in [0.25, 0.3) is 0 Å². The highest BCUT2D eigenvalue weighted by Crippen LogP contribution is 2.38. The number of carbonyl (C=O) groups excluding carboxylic acids is 2. The Hall–Kier alpha value is -1.93. The third-order valence-electron chi connectivity index (χ3n) is 4.13. The zero-order valence-electron chi connectivity index (χ0n) is 13.2. The second-order valence-electron chi connectivity index (χ2n) is 5.99. The molecule has 24 heavy (non-hydrogen) atoms. The lowest BCUT2D eigenvalue weighted by Gasteiger charge is -2.38. The number of carbonyl (C=O) groups is 2. The molecule has 1 saturated heterocycles. The van der Waals surface area contributed by atoms with Crippen LogP contribution in [0.2, 0.25) is 0 Å². The van der Waals surface area contributed by atoms with Gasteiger partial charge in [-0.05, 0) is 31.9 Å². The van der Waals surface area contributed by atoms with Gasteiger partial charge in [0, 0.05) is 24.3 Å². The van der Waals surface area contributed by atoms with Crippen LogP contribution in [0, 0.1) is 0 Å². The average Bonchev–Trinajstić information content (AvgIpc) is 2.49. The molecule has 1 amide bonds. The molecule has 2 N–H and O–H groups in total. The highest BCUT2D eigenvalue weighted by atomic mass is 19.4. The van der Waals surface area contributed by atoms with Gasteiger partial charge in [0.2, 0.25) is 5.91 Å². The molecule has 1 aromatic rings. The molecule has 1 aromatic carbocycles. The Bertz CT molecular complexity index is 623. The maximum Gasteiger partial charge on any atom is 0.417 e. The molecule has 0 aromatic heterocycles. The quantitative estimate of drug-likeness (QED) is 0.822. The van der Waals surface area contributed by atoms with Crippen molar-refractivity contribution >= 4 is 17.4 Å². The molecule has 1 heterocycles. The molecule has 1 aliphatic heterocycles. The van der Waals surface area contributed by atoms with Crippen LogP contribution in [0.4, 0.5) is 18.9 Å². The Morgan fingerprint density at radius 1 is 1.29 bits per heavy atom. The average molecular weight is 344 g/mol. The third-order valence-corrected chi connectivity index (χ3v) is 4.13. The van der Waals surface area contributed by atoms with Gasteiger partial charge in [0.05, 0.1) is 6.54 Å². The van der Waals surface area contributed by atoms with Crippen molar-refractivity contribution in [3.05, 3.63) is 29.8 Å². The van der Waals surface area contributed by atoms with Crippen LogP contribution in [-0.4, -0.2) is 53.1 Å². The van der Waals surface area contributed by atoms with Crippen molar-refractivity contribution in [1.29, 1.82) is 0 Å². The molecule has 1 aliphatic rings. The Morgan fingerprint density at radius 3 is 2.46 bits per heavy atom. The number of Topliss-reactive ketones (excluding diaryl/α,β-unsaturated/α-hetero) is 1. The number of hydrogen-bond donors (Lipinski definition) is 2. The normalized spacial score (nSPS) is 18.2. The summed E-state index contributed by atoms with van der Waals surface area (Å²) in [5, 5.41) is 12.2. The summed E-state index contributed by atoms with van der Waals surface area (Å²) in [5.41, 5.74) is -1.76. The van der Waals surface area contributed by atoms with E-state index in [0.717, 1.165) is 0 Å². The van der Waals surface area contributed by atoms with Crippen molar-refractivity contribution in [2.24, 2.45) is 0 Å². The summed E-state index contributed by atoms with van der Waals surface area (Å²) in [7, 11) is 0. The first-order chi connectivity index (χ1) is 11.1. The Labute approximate surface area is 137 Å². The molecule has 0 atom stereocenters. The number of likely N-dealkylation sites (tertiary alicyclic amines) is 1. The molecule has 5 nitrogen and oxygen atoms in total. The Balaban J connectivity index is 1.88. The fourth-order valence-electron chi connectivity index (χ4n) is 2.58. The number of aliphatic hydroxyl groups is 1. The molecule has 0 radical (unpaired) electrons. The van der Waals surface area contributed by atoms with Crippen LogP contribution >= 0.6 is 0 Å². The topological polar surface area (TPSA) is 69.6 Å². The van der Waals surface area contributed by atoms with Gasteiger partial charge in [-0.15, -0.1) is 0 Å². The van der Waals surface area contributed by atoms with E-state index in [1.54, 1.807) is 29.2 Å². The van der Waals surface area contributed by atoms with E-state index in [0.29, 0.717) is 11.3 Å². The predicted molar refractivity (Wildman–Crippen MR) is 81.8 cm³/mol. The van der Waals surface area contributed by atoms with Crippen molar-refractivity contribution in [3.63, 3.8) is 0 Å². The van der Waals surface area contributed by atoms with E-state index in [-0.39, 0.29) is 31.3 Å². The maximum absolute atomic E-state index is 12.7. The summed E-state index contributed by atoms with van der Waals surface area (Å²) in [4.78, 5) is 24.9. The minimum absolute atomic E-state index is 0.0169. The summed E-state index contributed by atoms with van der Waals surface area (Å²) in [5.74, 6) is -0.512. The van der Waals surface area contributed by atoms with E-state index in [1.165, 1.54) is 6.92 Å². The number of nitrogens with zero attached hydrogens (tertiary/aromatic N) is 1. The van der Waals surface area contributed by atoms with Crippen LogP contribution in [0.15, 0.2) is 24.3 Å². The van der Waals surface area contributed by atoms with Gasteiger partial charge in [-0.2, -0.15) is 13.2 Å². The van der Waals surface area contributed by atoms with Crippen LogP contribution in [0.5, 0.6) is 0 Å². The smallest absolute Gasteiger partial charge is 0.380 e. The summed E-state index contributed by atoms with van der Waals surface area (Å²) in [6.45, 7) is 1.31. The molecular weight excluding hydrogens is 325 g/mol. The summed E-state index contributed by atoms with van der Waals surface area (Å²) < 4.78 is 38.2. The van der Waals surface area contributed by atoms with Crippen molar-refractivity contribution < 1.29 is 27.9 Å². The molecule has 0 spiro atoms. The lowest BCUT2D eigenvalue weighted by Crippen LogP contribution is -2.54. The van der Waals surface area contributed by atoms with E-state index in [2.05, 4.69) is 5.32 Å². The fraction of sp³-hybridized carbons (Fsp3) is 0.500. The Kier molecular flexibility index (Phi) is 5.29. The second kappa shape index (κ2) is 6.90. The number of halogens is 3. The van der Waals surface area contributed by atoms with E-state index in [9.17, 15) is 27.9 Å². The first-order valence-electron chi connectivity index (χ1n) is 7.53. The number of anilines is 1. The molecule has 0 bridgehead atoms. The van der Waals surface area contributed by atoms with Crippen LogP contribution in [0.1, 0.15) is 30.1 Å². The van der Waals surface area contributed by atoms with Crippen molar-refractivity contribution in [2.45, 2.75) is 31.5 Å². The molecule has 2 rings (SSSR count). The number of piperidine rings is 1. The maximum atomic E-state index is 12.7. The molecule has 0 unspecified atom stereocenters. The number of benzene rings is 1. The van der Waals surface area contributed by atoms with Crippen LogP contribution in [-0.2, 0) is 4.79 Å². The molecular formula is C16H19F3N2O3. The van der Waals surface area contributed by atoms with Gasteiger partial charge in [-0.25, -0.2) is 0 Å². The fourth-order valence-corrected chi connectivity index (χ4v) is 2.58. The van der Waals surface area contributed by atoms with Gasteiger partial charge in [0.15, 0.2) is 11.4 Å². The first kappa shape index (κ1) is 18.4. The SMILES string of the molecule is CC(=O)c1cccc(NC(=O)CN2CCC(O)(C(F)(F)F)CC2)c1. The number of nitrogens with one attached hydrogen (secondary N) is 1. The number of amides is 1. The summed E-state index contributed by atoms with van der Waals surface area (Å²) >= 11 is 0. The van der Waals surface area contributed by atoms with Gasteiger partial charge in [-0.3, -0.25) is 14.5 Å². The largest absolute Gasteiger partial charge is 0.417 e. The van der Waals surface area contributed by atoms with E-state index in [4.69, 9.17) is 0 Å². The summed E-state index contributed by atoms with van der Waals surface area (Å²) in [6, 6.07) is 6.43. The predicted octanol–water partition coefficient (Wildman–Crippen LogP) is 2.22. The number of rotatable bonds is 4. The Morgan fingerprint density at radius 2 is 1.92 bits per heavy atom. The molecule has 8 heteroatoms. The van der Waals surface area contributed by atoms with Crippen LogP contribution in [0.25, 0.3) is 0 Å². The van der Waals surface area contributed by atoms with Crippen LogP contribution in [0.3, 0.4) is 0 Å². The van der Waals surface area contributed by atoms with E-state index >= 15 is 0 Å². The van der Waals surface area contributed by atoms with Crippen molar-refractivity contribution in [1.82, 2.24) is 4.90 Å². The van der Waals surface area contributed by atoms with Gasteiger partial charge < -0.3 is 10.4 Å². The zero-order chi connectivity index (χ0) is 18.0. The monoisotopic (exact) mass is 344 g/mol. The molecule has 132 valence electrons. The lowest BCUT2D eigenvalue weighted by molar-refractivity contribution is -0.272. The lowest BCUT2D eigenvalue weighted by atomic mass is 9.91. The zero-order valence-corrected chi connectivity index (χ0v) is 13.2. The van der Waals surface area contributed by atoms with Gasteiger partial charge in [-0.1, -0.05) is 12.1 Å². The standard InChI is InChI=1S/C16H19F3N2O3/c1-11(22)12-3-2-4-13(9-12)20-14(23)10-21-7-5-15(24,6-8-21)16(17,18)19/h2-4,9,24H,5-8,10H2,1H3,(H,20,23). The first-order valence-corrected chi connectivity index (χ1v) is 7.53. The molecule has 0 saturated carbocycles. The van der Waals surface area contributed by atoms with Crippen LogP contribution < -0.4 is 5.32 Å². The number of hydrogen-bond acceptors (Lipinski definition) is 4. The van der Waals surface area contributed by atoms with E-state index < -0.39 is 24.6 Å². The number of ketones is 1. The van der Waals surface area contributed by atoms with E-state index in [1.807, 2.05) is 0 Å². The highest BCUT2D eigenvalue weighted by molar-refractivity contribution is 5.97. The summed E-state index contributed by atoms with van der Waals surface area (Å²) in [6.07, 6.45) is -5.57. The minimum Gasteiger partial charge on any atom is -0.380 e. The second-order valence-corrected chi connectivity index (χ2v) is 5.99. The van der Waals surface area contributed by atoms with Gasteiger partial charge >= 0.3 is 6.18 Å². The molecule has 1 fully saturated rings. The third kappa shape index (κ3) is 4.33.